The van der Waals surface area contributed by atoms with E-state index in [0.29, 0.717) is 17.3 Å². The summed E-state index contributed by atoms with van der Waals surface area (Å²) in [5, 5.41) is 3.97. The number of thiazole rings is 1. The zero-order valence-corrected chi connectivity index (χ0v) is 16.6. The second-order valence-corrected chi connectivity index (χ2v) is 9.54. The van der Waals surface area contributed by atoms with Gasteiger partial charge in [-0.25, -0.2) is 4.98 Å². The highest BCUT2D eigenvalue weighted by Crippen LogP contribution is 2.57. The van der Waals surface area contributed by atoms with E-state index in [0.717, 1.165) is 46.0 Å². The zero-order valence-electron chi connectivity index (χ0n) is 14.2. The van der Waals surface area contributed by atoms with Crippen LogP contribution in [0.1, 0.15) is 31.4 Å². The van der Waals surface area contributed by atoms with Gasteiger partial charge in [-0.15, -0.1) is 11.3 Å². The minimum atomic E-state index is -0.215. The Kier molecular flexibility index (Phi) is 3.94. The molecular weight excluding hydrogens is 412 g/mol. The van der Waals surface area contributed by atoms with Crippen LogP contribution >= 0.6 is 27.3 Å². The van der Waals surface area contributed by atoms with Crippen LogP contribution in [-0.2, 0) is 11.3 Å². The van der Waals surface area contributed by atoms with E-state index in [1.165, 1.54) is 6.42 Å². The maximum absolute atomic E-state index is 12.8. The molecule has 0 unspecified atom stereocenters. The summed E-state index contributed by atoms with van der Waals surface area (Å²) < 4.78 is 7.08. The van der Waals surface area contributed by atoms with Crippen LogP contribution in [0.4, 0.5) is 0 Å². The van der Waals surface area contributed by atoms with Crippen molar-refractivity contribution in [3.8, 4) is 10.8 Å². The Bertz CT molecular complexity index is 948. The number of hydrogen-bond donors (Lipinski definition) is 1. The van der Waals surface area contributed by atoms with E-state index in [1.54, 1.807) is 11.3 Å². The first-order chi connectivity index (χ1) is 12.6. The Labute approximate surface area is 164 Å². The van der Waals surface area contributed by atoms with E-state index >= 15 is 0 Å². The highest BCUT2D eigenvalue weighted by Gasteiger charge is 2.55. The van der Waals surface area contributed by atoms with Crippen molar-refractivity contribution in [1.82, 2.24) is 10.3 Å². The largest absolute Gasteiger partial charge is 0.457 e. The Morgan fingerprint density at radius 3 is 3.00 bits per heavy atom. The third-order valence-corrected chi connectivity index (χ3v) is 8.13. The molecule has 2 aliphatic rings. The Hall–Kier alpha value is -1.66. The van der Waals surface area contributed by atoms with Crippen molar-refractivity contribution in [3.63, 3.8) is 0 Å². The van der Waals surface area contributed by atoms with Gasteiger partial charge in [-0.1, -0.05) is 28.1 Å². The minimum Gasteiger partial charge on any atom is -0.457 e. The number of benzene rings is 1. The lowest BCUT2D eigenvalue weighted by atomic mass is 9.83. The minimum absolute atomic E-state index is 0.164. The zero-order chi connectivity index (χ0) is 17.7. The monoisotopic (exact) mass is 430 g/mol. The van der Waals surface area contributed by atoms with Crippen LogP contribution in [0.15, 0.2) is 40.8 Å². The molecule has 134 valence electrons. The van der Waals surface area contributed by atoms with E-state index in [2.05, 4.69) is 32.3 Å². The number of carbonyl (C=O) groups is 1. The fourth-order valence-corrected chi connectivity index (χ4v) is 6.52. The number of alkyl halides is 1. The summed E-state index contributed by atoms with van der Waals surface area (Å²) in [5.41, 5.74) is 0.769. The Balaban J connectivity index is 1.29. The van der Waals surface area contributed by atoms with E-state index in [-0.39, 0.29) is 11.3 Å². The van der Waals surface area contributed by atoms with Gasteiger partial charge in [-0.05, 0) is 55.9 Å². The van der Waals surface area contributed by atoms with Crippen LogP contribution in [0.3, 0.4) is 0 Å². The third-order valence-electron chi connectivity index (χ3n) is 5.83. The average Bonchev–Trinajstić information content (AvgIpc) is 3.40. The summed E-state index contributed by atoms with van der Waals surface area (Å²) in [6.07, 6.45) is 4.31. The van der Waals surface area contributed by atoms with Gasteiger partial charge >= 0.3 is 0 Å². The molecule has 1 amide bonds. The SMILES string of the molecule is O=C(NCc1ccc(-c2nc3ccccc3s2)o1)[C@]12CC[C@H](C[C@@H]1Br)C2. The molecule has 2 aromatic heterocycles. The Morgan fingerprint density at radius 2 is 2.23 bits per heavy atom. The molecule has 2 aliphatic carbocycles. The maximum Gasteiger partial charge on any atom is 0.227 e. The van der Waals surface area contributed by atoms with Gasteiger partial charge in [0.15, 0.2) is 10.8 Å². The van der Waals surface area contributed by atoms with Gasteiger partial charge in [0.25, 0.3) is 0 Å². The number of nitrogens with zero attached hydrogens (tertiary/aromatic N) is 1. The van der Waals surface area contributed by atoms with Crippen LogP contribution in [-0.4, -0.2) is 15.7 Å². The predicted molar refractivity (Wildman–Crippen MR) is 106 cm³/mol. The molecular formula is C20H19BrN2O2S. The van der Waals surface area contributed by atoms with Crippen LogP contribution in [0.5, 0.6) is 0 Å². The van der Waals surface area contributed by atoms with Gasteiger partial charge in [-0.3, -0.25) is 4.79 Å². The van der Waals surface area contributed by atoms with E-state index in [9.17, 15) is 4.79 Å². The van der Waals surface area contributed by atoms with Gasteiger partial charge in [0.1, 0.15) is 5.76 Å². The molecule has 0 radical (unpaired) electrons. The second-order valence-electron chi connectivity index (χ2n) is 7.40. The lowest BCUT2D eigenvalue weighted by Crippen LogP contribution is -2.43. The summed E-state index contributed by atoms with van der Waals surface area (Å²) in [6.45, 7) is 0.426. The molecule has 0 aliphatic heterocycles. The number of carbonyl (C=O) groups excluding carboxylic acids is 1. The smallest absolute Gasteiger partial charge is 0.227 e. The molecule has 2 heterocycles. The Morgan fingerprint density at radius 1 is 1.35 bits per heavy atom. The number of aromatic nitrogens is 1. The molecule has 2 bridgehead atoms. The highest BCUT2D eigenvalue weighted by molar-refractivity contribution is 9.09. The maximum atomic E-state index is 12.8. The normalized spacial score (nSPS) is 27.3. The molecule has 3 atom stereocenters. The molecule has 1 N–H and O–H groups in total. The molecule has 4 nitrogen and oxygen atoms in total. The fourth-order valence-electron chi connectivity index (χ4n) is 4.44. The second kappa shape index (κ2) is 6.20. The van der Waals surface area contributed by atoms with Crippen molar-refractivity contribution in [1.29, 1.82) is 0 Å². The van der Waals surface area contributed by atoms with E-state index in [4.69, 9.17) is 4.42 Å². The molecule has 6 heteroatoms. The number of furan rings is 1. The number of halogens is 1. The molecule has 26 heavy (non-hydrogen) atoms. The summed E-state index contributed by atoms with van der Waals surface area (Å²) in [5.74, 6) is 2.40. The third kappa shape index (κ3) is 2.62. The molecule has 2 saturated carbocycles. The van der Waals surface area contributed by atoms with E-state index < -0.39 is 0 Å². The number of fused-ring (bicyclic) bond motifs is 3. The number of nitrogens with one attached hydrogen (secondary N) is 1. The molecule has 1 aromatic carbocycles. The van der Waals surface area contributed by atoms with Crippen molar-refractivity contribution in [3.05, 3.63) is 42.2 Å². The lowest BCUT2D eigenvalue weighted by Gasteiger charge is -2.29. The van der Waals surface area contributed by atoms with Crippen molar-refractivity contribution in [2.45, 2.75) is 37.1 Å². The molecule has 2 fully saturated rings. The first-order valence-corrected chi connectivity index (χ1v) is 10.7. The van der Waals surface area contributed by atoms with Crippen LogP contribution < -0.4 is 5.32 Å². The van der Waals surface area contributed by atoms with Crippen molar-refractivity contribution in [2.24, 2.45) is 11.3 Å². The molecule has 3 aromatic rings. The van der Waals surface area contributed by atoms with Gasteiger partial charge in [0, 0.05) is 4.83 Å². The van der Waals surface area contributed by atoms with Crippen molar-refractivity contribution in [2.75, 3.05) is 0 Å². The number of para-hydroxylation sites is 1. The van der Waals surface area contributed by atoms with Crippen LogP contribution in [0.2, 0.25) is 0 Å². The standard InChI is InChI=1S/C20H19BrN2O2S/c21-17-9-12-7-8-20(17,10-12)19(24)22-11-13-5-6-15(25-13)18-23-14-3-1-2-4-16(14)26-18/h1-6,12,17H,7-11H2,(H,22,24)/t12-,17+,20+/m1/s1. The molecule has 5 rings (SSSR count). The van der Waals surface area contributed by atoms with Gasteiger partial charge in [0.2, 0.25) is 5.91 Å². The van der Waals surface area contributed by atoms with Crippen molar-refractivity contribution < 1.29 is 9.21 Å². The first kappa shape index (κ1) is 16.5. The van der Waals surface area contributed by atoms with Crippen LogP contribution in [0, 0.1) is 11.3 Å². The average molecular weight is 431 g/mol. The summed E-state index contributed by atoms with van der Waals surface area (Å²) >= 11 is 5.36. The fraction of sp³-hybridized carbons (Fsp3) is 0.400. The topological polar surface area (TPSA) is 55.1 Å². The number of hydrogen-bond acceptors (Lipinski definition) is 4. The number of rotatable bonds is 4. The van der Waals surface area contributed by atoms with Gasteiger partial charge in [-0.2, -0.15) is 0 Å². The lowest BCUT2D eigenvalue weighted by molar-refractivity contribution is -0.130. The van der Waals surface area contributed by atoms with Gasteiger partial charge < -0.3 is 9.73 Å². The van der Waals surface area contributed by atoms with Crippen LogP contribution in [0.25, 0.3) is 21.0 Å². The molecule has 0 saturated heterocycles. The summed E-state index contributed by atoms with van der Waals surface area (Å²) in [7, 11) is 0. The quantitative estimate of drug-likeness (QED) is 0.583. The van der Waals surface area contributed by atoms with E-state index in [1.807, 2.05) is 30.3 Å². The van der Waals surface area contributed by atoms with Crippen molar-refractivity contribution >= 4 is 43.4 Å². The van der Waals surface area contributed by atoms with Gasteiger partial charge in [0.05, 0.1) is 22.2 Å². The predicted octanol–water partition coefficient (Wildman–Crippen LogP) is 5.13. The number of amides is 1. The summed E-state index contributed by atoms with van der Waals surface area (Å²) in [6, 6.07) is 11.9. The first-order valence-electron chi connectivity index (χ1n) is 9.01. The highest BCUT2D eigenvalue weighted by atomic mass is 79.9. The summed E-state index contributed by atoms with van der Waals surface area (Å²) in [4.78, 5) is 17.7. The molecule has 0 spiro atoms.